The summed E-state index contributed by atoms with van der Waals surface area (Å²) in [6, 6.07) is 15.2. The molecule has 1 N–H and O–H groups in total. The maximum Gasteiger partial charge on any atom is 0.246 e. The van der Waals surface area contributed by atoms with Crippen LogP contribution in [-0.4, -0.2) is 52.3 Å². The van der Waals surface area contributed by atoms with Gasteiger partial charge in [0.15, 0.2) is 0 Å². The number of phenolic OH excluding ortho intramolecular Hbond substituents is 1. The number of hydrogen-bond acceptors (Lipinski definition) is 5. The van der Waals surface area contributed by atoms with Crippen LogP contribution in [-0.2, 0) is 4.79 Å². The molecule has 2 heterocycles. The lowest BCUT2D eigenvalue weighted by molar-refractivity contribution is -0.126. The molecule has 0 saturated carbocycles. The molecule has 1 amide bonds. The number of benzene rings is 3. The van der Waals surface area contributed by atoms with Gasteiger partial charge in [-0.2, -0.15) is 10.2 Å². The molecule has 0 atom stereocenters. The molecule has 4 aromatic rings. The van der Waals surface area contributed by atoms with Crippen LogP contribution in [0.4, 0.5) is 5.69 Å². The monoisotopic (exact) mass is 444 g/mol. The summed E-state index contributed by atoms with van der Waals surface area (Å²) in [5, 5.41) is 22.6. The van der Waals surface area contributed by atoms with E-state index in [9.17, 15) is 9.90 Å². The minimum Gasteiger partial charge on any atom is -0.507 e. The second kappa shape index (κ2) is 8.13. The third-order valence-corrected chi connectivity index (χ3v) is 6.30. The molecule has 0 radical (unpaired) electrons. The van der Waals surface area contributed by atoms with Crippen molar-refractivity contribution in [2.24, 2.45) is 0 Å². The molecular weight excluding hydrogens is 424 g/mol. The van der Waals surface area contributed by atoms with Gasteiger partial charge in [-0.25, -0.2) is 0 Å². The van der Waals surface area contributed by atoms with Gasteiger partial charge in [0.1, 0.15) is 5.75 Å². The number of aromatic nitrogens is 2. The number of hydrogen-bond donors (Lipinski definition) is 1. The van der Waals surface area contributed by atoms with E-state index in [1.807, 2.05) is 42.5 Å². The van der Waals surface area contributed by atoms with Crippen molar-refractivity contribution in [3.05, 3.63) is 72.4 Å². The summed E-state index contributed by atoms with van der Waals surface area (Å²) in [7, 11) is 0. The second-order valence-corrected chi connectivity index (χ2v) is 8.18. The molecule has 1 aromatic heterocycles. The number of piperazine rings is 1. The lowest BCUT2D eigenvalue weighted by Crippen LogP contribution is -2.48. The molecule has 6 nitrogen and oxygen atoms in total. The minimum absolute atomic E-state index is 0.0510. The van der Waals surface area contributed by atoms with Crippen LogP contribution in [0.25, 0.3) is 32.8 Å². The molecule has 3 aromatic carbocycles. The highest BCUT2D eigenvalue weighted by molar-refractivity contribution is 6.35. The number of nitrogens with zero attached hydrogens (tertiary/aromatic N) is 4. The molecule has 5 rings (SSSR count). The fourth-order valence-electron chi connectivity index (χ4n) is 4.35. The highest BCUT2D eigenvalue weighted by atomic mass is 35.5. The number of rotatable bonds is 3. The first-order chi connectivity index (χ1) is 15.6. The number of fused-ring (bicyclic) bond motifs is 2. The van der Waals surface area contributed by atoms with Crippen LogP contribution in [0.15, 0.2) is 67.4 Å². The average molecular weight is 445 g/mol. The van der Waals surface area contributed by atoms with Gasteiger partial charge in [0, 0.05) is 47.7 Å². The van der Waals surface area contributed by atoms with Crippen LogP contribution in [0.2, 0.25) is 5.02 Å². The van der Waals surface area contributed by atoms with Crippen molar-refractivity contribution < 1.29 is 9.90 Å². The summed E-state index contributed by atoms with van der Waals surface area (Å²) in [4.78, 5) is 15.9. The fraction of sp³-hybridized carbons (Fsp3) is 0.160. The normalized spacial score (nSPS) is 14.2. The predicted octanol–water partition coefficient (Wildman–Crippen LogP) is 4.64. The summed E-state index contributed by atoms with van der Waals surface area (Å²) in [6.07, 6.45) is 3.09. The van der Waals surface area contributed by atoms with Crippen molar-refractivity contribution in [3.63, 3.8) is 0 Å². The maximum absolute atomic E-state index is 11.9. The zero-order chi connectivity index (χ0) is 22.2. The lowest BCUT2D eigenvalue weighted by Gasteiger charge is -2.35. The Morgan fingerprint density at radius 3 is 2.62 bits per heavy atom. The molecule has 32 heavy (non-hydrogen) atoms. The van der Waals surface area contributed by atoms with Gasteiger partial charge < -0.3 is 14.9 Å². The topological polar surface area (TPSA) is 69.6 Å². The highest BCUT2D eigenvalue weighted by Gasteiger charge is 2.22. The number of amides is 1. The third-order valence-electron chi connectivity index (χ3n) is 5.99. The number of phenols is 1. The standard InChI is InChI=1S/C25H21ClN4O2/c1-2-24(32)30-11-9-29(10-12-30)22-15-27-28-21-14-18(20(26)13-19(21)22)25-17-6-4-3-5-16(17)7-8-23(25)31/h2-8,13-15,31H,1,9-12H2. The van der Waals surface area contributed by atoms with Gasteiger partial charge in [-0.05, 0) is 35.0 Å². The first kappa shape index (κ1) is 20.3. The number of aromatic hydroxyl groups is 1. The van der Waals surface area contributed by atoms with E-state index in [2.05, 4.69) is 21.7 Å². The smallest absolute Gasteiger partial charge is 0.246 e. The molecule has 160 valence electrons. The Balaban J connectivity index is 1.58. The van der Waals surface area contributed by atoms with Crippen LogP contribution in [0.5, 0.6) is 5.75 Å². The van der Waals surface area contributed by atoms with E-state index in [0.717, 1.165) is 21.8 Å². The van der Waals surface area contributed by atoms with Crippen LogP contribution >= 0.6 is 11.6 Å². The molecule has 0 aliphatic carbocycles. The van der Waals surface area contributed by atoms with E-state index in [4.69, 9.17) is 11.6 Å². The highest BCUT2D eigenvalue weighted by Crippen LogP contribution is 2.42. The Morgan fingerprint density at radius 2 is 1.84 bits per heavy atom. The quantitative estimate of drug-likeness (QED) is 0.466. The molecule has 0 spiro atoms. The lowest BCUT2D eigenvalue weighted by atomic mass is 9.96. The summed E-state index contributed by atoms with van der Waals surface area (Å²) in [5.41, 5.74) is 3.01. The molecule has 1 aliphatic heterocycles. The summed E-state index contributed by atoms with van der Waals surface area (Å²) >= 11 is 6.76. The van der Waals surface area contributed by atoms with E-state index in [-0.39, 0.29) is 11.7 Å². The van der Waals surface area contributed by atoms with E-state index < -0.39 is 0 Å². The Bertz CT molecular complexity index is 1360. The van der Waals surface area contributed by atoms with Crippen molar-refractivity contribution in [1.29, 1.82) is 0 Å². The molecular formula is C25H21ClN4O2. The second-order valence-electron chi connectivity index (χ2n) is 7.78. The van der Waals surface area contributed by atoms with Crippen LogP contribution in [0.3, 0.4) is 0 Å². The molecule has 1 saturated heterocycles. The Hall–Kier alpha value is -3.64. The number of carbonyl (C=O) groups excluding carboxylic acids is 1. The number of halogens is 1. The Labute approximate surface area is 190 Å². The molecule has 1 aliphatic rings. The van der Waals surface area contributed by atoms with Gasteiger partial charge in [0.25, 0.3) is 0 Å². The molecule has 0 bridgehead atoms. The van der Waals surface area contributed by atoms with E-state index in [0.29, 0.717) is 47.8 Å². The average Bonchev–Trinajstić information content (AvgIpc) is 2.83. The molecule has 7 heteroatoms. The molecule has 0 unspecified atom stereocenters. The van der Waals surface area contributed by atoms with E-state index in [1.54, 1.807) is 17.2 Å². The summed E-state index contributed by atoms with van der Waals surface area (Å²) in [5.74, 6) is 0.113. The van der Waals surface area contributed by atoms with Gasteiger partial charge in [-0.3, -0.25) is 4.79 Å². The largest absolute Gasteiger partial charge is 0.507 e. The van der Waals surface area contributed by atoms with Crippen LogP contribution in [0.1, 0.15) is 0 Å². The summed E-state index contributed by atoms with van der Waals surface area (Å²) in [6.45, 7) is 6.17. The number of carbonyl (C=O) groups is 1. The van der Waals surface area contributed by atoms with Gasteiger partial charge in [0.2, 0.25) is 5.91 Å². The Morgan fingerprint density at radius 1 is 1.06 bits per heavy atom. The first-order valence-electron chi connectivity index (χ1n) is 10.4. The first-order valence-corrected chi connectivity index (χ1v) is 10.8. The van der Waals surface area contributed by atoms with Crippen LogP contribution in [0, 0.1) is 0 Å². The Kier molecular flexibility index (Phi) is 5.15. The van der Waals surface area contributed by atoms with Gasteiger partial charge in [-0.1, -0.05) is 48.5 Å². The zero-order valence-corrected chi connectivity index (χ0v) is 18.1. The minimum atomic E-state index is -0.0510. The van der Waals surface area contributed by atoms with Gasteiger partial charge >= 0.3 is 0 Å². The van der Waals surface area contributed by atoms with Crippen molar-refractivity contribution in [2.45, 2.75) is 0 Å². The third kappa shape index (κ3) is 3.42. The molecule has 1 fully saturated rings. The SMILES string of the molecule is C=CC(=O)N1CCN(c2cnnc3cc(-c4c(O)ccc5ccccc45)c(Cl)cc23)CC1. The van der Waals surface area contributed by atoms with E-state index in [1.165, 1.54) is 6.08 Å². The zero-order valence-electron chi connectivity index (χ0n) is 17.3. The number of anilines is 1. The van der Waals surface area contributed by atoms with E-state index >= 15 is 0 Å². The van der Waals surface area contributed by atoms with Crippen molar-refractivity contribution in [1.82, 2.24) is 15.1 Å². The maximum atomic E-state index is 11.9. The van der Waals surface area contributed by atoms with Gasteiger partial charge in [0.05, 0.1) is 17.4 Å². The van der Waals surface area contributed by atoms with Gasteiger partial charge in [-0.15, -0.1) is 0 Å². The van der Waals surface area contributed by atoms with Crippen molar-refractivity contribution >= 4 is 44.9 Å². The predicted molar refractivity (Wildman–Crippen MR) is 128 cm³/mol. The summed E-state index contributed by atoms with van der Waals surface area (Å²) < 4.78 is 0. The van der Waals surface area contributed by atoms with Crippen LogP contribution < -0.4 is 4.90 Å². The van der Waals surface area contributed by atoms with Crippen molar-refractivity contribution in [3.8, 4) is 16.9 Å². The van der Waals surface area contributed by atoms with Crippen molar-refractivity contribution in [2.75, 3.05) is 31.1 Å². The fourth-order valence-corrected chi connectivity index (χ4v) is 4.61.